The molecule has 0 saturated heterocycles. The molecule has 0 aliphatic heterocycles. The summed E-state index contributed by atoms with van der Waals surface area (Å²) in [4.78, 5) is 11.9. The highest BCUT2D eigenvalue weighted by atomic mass is 35.5. The monoisotopic (exact) mass is 324 g/mol. The van der Waals surface area contributed by atoms with Crippen LogP contribution in [0.5, 0.6) is 5.75 Å². The Balaban J connectivity index is 0.00000220. The van der Waals surface area contributed by atoms with Gasteiger partial charge >= 0.3 is 6.36 Å². The Bertz CT molecular complexity index is 479. The van der Waals surface area contributed by atoms with Crippen molar-refractivity contribution in [2.24, 2.45) is 11.7 Å². The minimum Gasteiger partial charge on any atom is -0.406 e. The number of nitrogens with one attached hydrogen (secondary N) is 1. The van der Waals surface area contributed by atoms with Crippen molar-refractivity contribution >= 4 is 24.0 Å². The summed E-state index contributed by atoms with van der Waals surface area (Å²) in [7, 11) is 0. The molecule has 8 heteroatoms. The predicted molar refractivity (Wildman–Crippen MR) is 74.3 cm³/mol. The van der Waals surface area contributed by atoms with Crippen molar-refractivity contribution in [3.05, 3.63) is 24.3 Å². The second-order valence-electron chi connectivity index (χ2n) is 4.76. The van der Waals surface area contributed by atoms with Crippen LogP contribution in [0.3, 0.4) is 0 Å². The largest absolute Gasteiger partial charge is 0.573 e. The third-order valence-corrected chi connectivity index (χ3v) is 3.26. The number of benzene rings is 1. The Hall–Kier alpha value is -1.47. The van der Waals surface area contributed by atoms with Crippen molar-refractivity contribution in [1.82, 2.24) is 0 Å². The summed E-state index contributed by atoms with van der Waals surface area (Å²) in [5, 5.41) is 2.65. The molecule has 118 valence electrons. The topological polar surface area (TPSA) is 64.4 Å². The van der Waals surface area contributed by atoms with E-state index in [4.69, 9.17) is 5.73 Å². The number of halogens is 4. The Morgan fingerprint density at radius 3 is 2.33 bits per heavy atom. The average Bonchev–Trinajstić information content (AvgIpc) is 2.76. The molecule has 0 bridgehead atoms. The van der Waals surface area contributed by atoms with Crippen LogP contribution in [0.15, 0.2) is 24.3 Å². The molecule has 1 saturated carbocycles. The number of carbonyl (C=O) groups is 1. The van der Waals surface area contributed by atoms with Crippen LogP contribution in [0.2, 0.25) is 0 Å². The molecule has 1 aromatic rings. The lowest BCUT2D eigenvalue weighted by Crippen LogP contribution is -2.34. The molecule has 1 aliphatic carbocycles. The van der Waals surface area contributed by atoms with Gasteiger partial charge in [0.25, 0.3) is 0 Å². The van der Waals surface area contributed by atoms with Gasteiger partial charge in [0, 0.05) is 11.7 Å². The van der Waals surface area contributed by atoms with Crippen LogP contribution in [0.1, 0.15) is 19.3 Å². The van der Waals surface area contributed by atoms with Crippen molar-refractivity contribution < 1.29 is 22.7 Å². The van der Waals surface area contributed by atoms with E-state index in [-0.39, 0.29) is 36.0 Å². The molecule has 2 rings (SSSR count). The van der Waals surface area contributed by atoms with E-state index in [1.54, 1.807) is 0 Å². The molecule has 1 fully saturated rings. The summed E-state index contributed by atoms with van der Waals surface area (Å²) >= 11 is 0. The Morgan fingerprint density at radius 1 is 1.24 bits per heavy atom. The van der Waals surface area contributed by atoms with Crippen molar-refractivity contribution in [1.29, 1.82) is 0 Å². The van der Waals surface area contributed by atoms with E-state index in [0.29, 0.717) is 5.69 Å². The van der Waals surface area contributed by atoms with Crippen LogP contribution in [-0.4, -0.2) is 18.3 Å². The lowest BCUT2D eigenvalue weighted by atomic mass is 10.0. The Kier molecular flexibility index (Phi) is 5.86. The van der Waals surface area contributed by atoms with Gasteiger partial charge in [-0.15, -0.1) is 25.6 Å². The van der Waals surface area contributed by atoms with Gasteiger partial charge in [-0.2, -0.15) is 0 Å². The number of hydrogen-bond donors (Lipinski definition) is 2. The second-order valence-corrected chi connectivity index (χ2v) is 4.76. The van der Waals surface area contributed by atoms with E-state index in [1.165, 1.54) is 12.1 Å². The molecular weight excluding hydrogens is 309 g/mol. The summed E-state index contributed by atoms with van der Waals surface area (Å²) in [6.45, 7) is 0. The van der Waals surface area contributed by atoms with Gasteiger partial charge in [-0.1, -0.05) is 6.42 Å². The van der Waals surface area contributed by atoms with Crippen molar-refractivity contribution in [2.45, 2.75) is 31.7 Å². The summed E-state index contributed by atoms with van der Waals surface area (Å²) in [6.07, 6.45) is -2.25. The molecule has 2 atom stereocenters. The first kappa shape index (κ1) is 17.6. The number of alkyl halides is 3. The van der Waals surface area contributed by atoms with E-state index < -0.39 is 6.36 Å². The van der Waals surface area contributed by atoms with Gasteiger partial charge in [-0.25, -0.2) is 0 Å². The maximum Gasteiger partial charge on any atom is 0.573 e. The molecule has 4 nitrogen and oxygen atoms in total. The minimum atomic E-state index is -4.72. The molecule has 0 aromatic heterocycles. The van der Waals surface area contributed by atoms with Crippen LogP contribution >= 0.6 is 12.4 Å². The Morgan fingerprint density at radius 2 is 1.86 bits per heavy atom. The molecular formula is C13H16ClF3N2O2. The zero-order chi connectivity index (χ0) is 14.8. The first-order chi connectivity index (χ1) is 9.35. The van der Waals surface area contributed by atoms with Gasteiger partial charge in [-0.05, 0) is 37.1 Å². The van der Waals surface area contributed by atoms with Gasteiger partial charge in [0.2, 0.25) is 5.91 Å². The lowest BCUT2D eigenvalue weighted by Gasteiger charge is -2.15. The SMILES string of the molecule is Cl.NC1CCCC1C(=O)Nc1ccc(OC(F)(F)F)cc1. The molecule has 1 aliphatic rings. The third-order valence-electron chi connectivity index (χ3n) is 3.26. The number of ether oxygens (including phenoxy) is 1. The zero-order valence-electron chi connectivity index (χ0n) is 11.0. The molecule has 1 aromatic carbocycles. The van der Waals surface area contributed by atoms with Gasteiger partial charge < -0.3 is 15.8 Å². The Labute approximate surface area is 126 Å². The van der Waals surface area contributed by atoms with Crippen molar-refractivity contribution in [2.75, 3.05) is 5.32 Å². The second kappa shape index (κ2) is 7.00. The maximum absolute atomic E-state index is 12.0. The molecule has 21 heavy (non-hydrogen) atoms. The highest BCUT2D eigenvalue weighted by molar-refractivity contribution is 5.93. The quantitative estimate of drug-likeness (QED) is 0.898. The summed E-state index contributed by atoms with van der Waals surface area (Å²) < 4.78 is 39.7. The number of carbonyl (C=O) groups excluding carboxylic acids is 1. The standard InChI is InChI=1S/C13H15F3N2O2.ClH/c14-13(15,16)20-9-6-4-8(5-7-9)18-12(19)10-2-1-3-11(10)17;/h4-7,10-11H,1-3,17H2,(H,18,19);1H. The third kappa shape index (κ3) is 5.09. The number of hydrogen-bond acceptors (Lipinski definition) is 3. The van der Waals surface area contributed by atoms with Gasteiger partial charge in [0.05, 0.1) is 5.92 Å². The fourth-order valence-corrected chi connectivity index (χ4v) is 2.29. The molecule has 2 unspecified atom stereocenters. The van der Waals surface area contributed by atoms with E-state index in [9.17, 15) is 18.0 Å². The number of anilines is 1. The predicted octanol–water partition coefficient (Wildman–Crippen LogP) is 3.07. The van der Waals surface area contributed by atoms with Crippen molar-refractivity contribution in [3.8, 4) is 5.75 Å². The fraction of sp³-hybridized carbons (Fsp3) is 0.462. The fourth-order valence-electron chi connectivity index (χ4n) is 2.29. The van der Waals surface area contributed by atoms with Crippen LogP contribution in [0.4, 0.5) is 18.9 Å². The van der Waals surface area contributed by atoms with Crippen LogP contribution in [0, 0.1) is 5.92 Å². The van der Waals surface area contributed by atoms with E-state index >= 15 is 0 Å². The molecule has 0 spiro atoms. The summed E-state index contributed by atoms with van der Waals surface area (Å²) in [5.41, 5.74) is 6.24. The summed E-state index contributed by atoms with van der Waals surface area (Å²) in [5.74, 6) is -0.756. The smallest absolute Gasteiger partial charge is 0.406 e. The molecule has 0 radical (unpaired) electrons. The van der Waals surface area contributed by atoms with E-state index in [1.807, 2.05) is 0 Å². The average molecular weight is 325 g/mol. The van der Waals surface area contributed by atoms with Crippen LogP contribution in [-0.2, 0) is 4.79 Å². The normalized spacial score (nSPS) is 21.5. The highest BCUT2D eigenvalue weighted by Crippen LogP contribution is 2.27. The highest BCUT2D eigenvalue weighted by Gasteiger charge is 2.31. The first-order valence-electron chi connectivity index (χ1n) is 6.27. The minimum absolute atomic E-state index is 0. The van der Waals surface area contributed by atoms with Crippen LogP contribution < -0.4 is 15.8 Å². The molecule has 1 amide bonds. The van der Waals surface area contributed by atoms with Crippen molar-refractivity contribution in [3.63, 3.8) is 0 Å². The van der Waals surface area contributed by atoms with E-state index in [0.717, 1.165) is 31.4 Å². The van der Waals surface area contributed by atoms with Gasteiger partial charge in [0.1, 0.15) is 5.75 Å². The molecule has 0 heterocycles. The van der Waals surface area contributed by atoms with E-state index in [2.05, 4.69) is 10.1 Å². The van der Waals surface area contributed by atoms with Gasteiger partial charge in [0.15, 0.2) is 0 Å². The van der Waals surface area contributed by atoms with Crippen LogP contribution in [0.25, 0.3) is 0 Å². The zero-order valence-corrected chi connectivity index (χ0v) is 11.8. The van der Waals surface area contributed by atoms with Gasteiger partial charge in [-0.3, -0.25) is 4.79 Å². The maximum atomic E-state index is 12.0. The molecule has 3 N–H and O–H groups in total. The summed E-state index contributed by atoms with van der Waals surface area (Å²) in [6, 6.07) is 4.87. The first-order valence-corrected chi connectivity index (χ1v) is 6.27. The lowest BCUT2D eigenvalue weighted by molar-refractivity contribution is -0.274. The number of amides is 1. The number of rotatable bonds is 3. The number of nitrogens with two attached hydrogens (primary N) is 1.